The lowest BCUT2D eigenvalue weighted by atomic mass is 10.2. The molecule has 0 atom stereocenters. The molecule has 0 saturated heterocycles. The van der Waals surface area contributed by atoms with Gasteiger partial charge in [-0.05, 0) is 66.7 Å². The van der Waals surface area contributed by atoms with Crippen LogP contribution >= 0.6 is 0 Å². The summed E-state index contributed by atoms with van der Waals surface area (Å²) in [5.41, 5.74) is 8.96. The minimum atomic E-state index is 0.527. The largest absolute Gasteiger partial charge is 0.436 e. The van der Waals surface area contributed by atoms with Gasteiger partial charge in [-0.3, -0.25) is 4.57 Å². The van der Waals surface area contributed by atoms with Crippen LogP contribution in [0.1, 0.15) is 0 Å². The van der Waals surface area contributed by atoms with E-state index in [1.165, 1.54) is 0 Å². The molecule has 0 fully saturated rings. The fourth-order valence-corrected chi connectivity index (χ4v) is 6.05. The van der Waals surface area contributed by atoms with Crippen molar-refractivity contribution in [2.24, 2.45) is 0 Å². The molecule has 0 unspecified atom stereocenters. The van der Waals surface area contributed by atoms with Crippen molar-refractivity contribution < 1.29 is 8.83 Å². The average Bonchev–Trinajstić information content (AvgIpc) is 3.79. The van der Waals surface area contributed by atoms with E-state index in [9.17, 15) is 0 Å². The third-order valence-corrected chi connectivity index (χ3v) is 8.05. The third-order valence-electron chi connectivity index (χ3n) is 8.05. The van der Waals surface area contributed by atoms with Crippen molar-refractivity contribution in [3.05, 3.63) is 146 Å². The highest BCUT2D eigenvalue weighted by atomic mass is 16.4. The van der Waals surface area contributed by atoms with Crippen molar-refractivity contribution >= 4 is 61.1 Å². The summed E-state index contributed by atoms with van der Waals surface area (Å²) in [7, 11) is 0. The maximum atomic E-state index is 6.39. The van der Waals surface area contributed by atoms with Crippen LogP contribution in [0.2, 0.25) is 0 Å². The van der Waals surface area contributed by atoms with Crippen molar-refractivity contribution in [3.8, 4) is 17.5 Å². The number of nitrogens with zero attached hydrogens (tertiary/aromatic N) is 4. The van der Waals surface area contributed by atoms with E-state index in [1.54, 1.807) is 0 Å². The van der Waals surface area contributed by atoms with Gasteiger partial charge in [-0.25, -0.2) is 4.98 Å². The summed E-state index contributed by atoms with van der Waals surface area (Å²) in [6, 6.07) is 49.8. The number of aromatic nitrogens is 3. The zero-order valence-electron chi connectivity index (χ0n) is 23.5. The molecule has 6 nitrogen and oxygen atoms in total. The number of para-hydroxylation sites is 4. The first-order valence-electron chi connectivity index (χ1n) is 14.5. The van der Waals surface area contributed by atoms with Crippen LogP contribution in [0, 0.1) is 0 Å². The number of rotatable bonds is 5. The Kier molecular flexibility index (Phi) is 5.40. The Labute approximate surface area is 252 Å². The van der Waals surface area contributed by atoms with Crippen molar-refractivity contribution in [1.29, 1.82) is 0 Å². The predicted octanol–water partition coefficient (Wildman–Crippen LogP) is 10.2. The molecule has 44 heavy (non-hydrogen) atoms. The van der Waals surface area contributed by atoms with Gasteiger partial charge < -0.3 is 13.7 Å². The smallest absolute Gasteiger partial charge is 0.307 e. The average molecular weight is 569 g/mol. The molecule has 0 spiro atoms. The SMILES string of the molecule is c1ccc(N(c2ccccc2)c2ccc3nc(-c4ccc5nc(-n6c7ccccc7c7ccccc76)oc5c4)oc3c2)cc1. The summed E-state index contributed by atoms with van der Waals surface area (Å²) in [6.45, 7) is 0. The van der Waals surface area contributed by atoms with E-state index in [-0.39, 0.29) is 0 Å². The quantitative estimate of drug-likeness (QED) is 0.207. The Morgan fingerprint density at radius 3 is 1.73 bits per heavy atom. The van der Waals surface area contributed by atoms with Gasteiger partial charge in [0, 0.05) is 39.5 Å². The molecule has 0 saturated carbocycles. The van der Waals surface area contributed by atoms with E-state index < -0.39 is 0 Å². The molecule has 0 bridgehead atoms. The van der Waals surface area contributed by atoms with Gasteiger partial charge in [0.15, 0.2) is 11.2 Å². The summed E-state index contributed by atoms with van der Waals surface area (Å²) in [5.74, 6) is 0.528. The summed E-state index contributed by atoms with van der Waals surface area (Å²) in [6.07, 6.45) is 0. The molecule has 0 aliphatic rings. The summed E-state index contributed by atoms with van der Waals surface area (Å²) in [4.78, 5) is 11.9. The van der Waals surface area contributed by atoms with E-state index >= 15 is 0 Å². The molecular formula is C38H24N4O2. The number of benzene rings is 6. The normalized spacial score (nSPS) is 11.6. The first kappa shape index (κ1) is 24.5. The van der Waals surface area contributed by atoms with Crippen molar-refractivity contribution in [3.63, 3.8) is 0 Å². The highest BCUT2D eigenvalue weighted by Gasteiger charge is 2.18. The number of fused-ring (bicyclic) bond motifs is 5. The third kappa shape index (κ3) is 3.89. The van der Waals surface area contributed by atoms with Crippen LogP contribution in [0.4, 0.5) is 17.1 Å². The molecule has 208 valence electrons. The zero-order chi connectivity index (χ0) is 29.0. The van der Waals surface area contributed by atoms with Gasteiger partial charge in [-0.2, -0.15) is 4.98 Å². The Morgan fingerprint density at radius 2 is 1.05 bits per heavy atom. The topological polar surface area (TPSA) is 60.2 Å². The molecule has 6 heteroatoms. The van der Waals surface area contributed by atoms with Gasteiger partial charge >= 0.3 is 6.01 Å². The first-order valence-corrected chi connectivity index (χ1v) is 14.5. The van der Waals surface area contributed by atoms with E-state index in [1.807, 2.05) is 78.9 Å². The lowest BCUT2D eigenvalue weighted by molar-refractivity contribution is 0.574. The fourth-order valence-electron chi connectivity index (χ4n) is 6.05. The van der Waals surface area contributed by atoms with Gasteiger partial charge in [0.2, 0.25) is 5.89 Å². The molecule has 0 amide bonds. The lowest BCUT2D eigenvalue weighted by Crippen LogP contribution is -2.09. The standard InChI is InChI=1S/C38H24N4O2/c1-3-11-26(12-4-1)41(27-13-5-2-6-14-27)28-20-22-31-36(24-28)43-37(39-31)25-19-21-32-35(23-25)44-38(40-32)42-33-17-9-7-15-29(33)30-16-8-10-18-34(30)42/h1-24H. The summed E-state index contributed by atoms with van der Waals surface area (Å²) in [5, 5.41) is 2.32. The first-order chi connectivity index (χ1) is 21.8. The highest BCUT2D eigenvalue weighted by Crippen LogP contribution is 2.37. The van der Waals surface area contributed by atoms with Crippen LogP contribution in [-0.4, -0.2) is 14.5 Å². The monoisotopic (exact) mass is 568 g/mol. The Bertz CT molecular complexity index is 2360. The number of hydrogen-bond acceptors (Lipinski definition) is 5. The molecule has 9 aromatic rings. The Hall–Kier alpha value is -6.14. The van der Waals surface area contributed by atoms with Crippen LogP contribution in [0.3, 0.4) is 0 Å². The molecule has 0 radical (unpaired) electrons. The van der Waals surface area contributed by atoms with Gasteiger partial charge in [0.1, 0.15) is 11.0 Å². The maximum Gasteiger partial charge on any atom is 0.307 e. The van der Waals surface area contributed by atoms with E-state index in [4.69, 9.17) is 18.8 Å². The second-order valence-corrected chi connectivity index (χ2v) is 10.7. The van der Waals surface area contributed by atoms with Crippen molar-refractivity contribution in [2.45, 2.75) is 0 Å². The number of anilines is 3. The molecule has 0 N–H and O–H groups in total. The minimum absolute atomic E-state index is 0.527. The summed E-state index contributed by atoms with van der Waals surface area (Å²) >= 11 is 0. The van der Waals surface area contributed by atoms with E-state index in [0.29, 0.717) is 23.1 Å². The molecular weight excluding hydrogens is 544 g/mol. The van der Waals surface area contributed by atoms with Gasteiger partial charge in [0.05, 0.1) is 11.0 Å². The second kappa shape index (κ2) is 9.71. The zero-order valence-corrected chi connectivity index (χ0v) is 23.5. The van der Waals surface area contributed by atoms with Crippen LogP contribution in [0.25, 0.3) is 61.5 Å². The molecule has 3 aromatic heterocycles. The Morgan fingerprint density at radius 1 is 0.477 bits per heavy atom. The fraction of sp³-hybridized carbons (Fsp3) is 0. The number of hydrogen-bond donors (Lipinski definition) is 0. The molecule has 9 rings (SSSR count). The van der Waals surface area contributed by atoms with Crippen LogP contribution in [-0.2, 0) is 0 Å². The van der Waals surface area contributed by atoms with E-state index in [2.05, 4.69) is 76.2 Å². The molecule has 0 aliphatic carbocycles. The minimum Gasteiger partial charge on any atom is -0.436 e. The van der Waals surface area contributed by atoms with E-state index in [0.717, 1.165) is 55.5 Å². The van der Waals surface area contributed by atoms with Crippen molar-refractivity contribution in [1.82, 2.24) is 14.5 Å². The van der Waals surface area contributed by atoms with Crippen LogP contribution < -0.4 is 4.90 Å². The maximum absolute atomic E-state index is 6.39. The van der Waals surface area contributed by atoms with Crippen LogP contribution in [0.5, 0.6) is 0 Å². The highest BCUT2D eigenvalue weighted by molar-refractivity contribution is 6.09. The molecule has 6 aromatic carbocycles. The Balaban J connectivity index is 1.12. The summed E-state index contributed by atoms with van der Waals surface area (Å²) < 4.78 is 14.8. The molecule has 3 heterocycles. The second-order valence-electron chi connectivity index (χ2n) is 10.7. The van der Waals surface area contributed by atoms with Crippen LogP contribution in [0.15, 0.2) is 154 Å². The van der Waals surface area contributed by atoms with Gasteiger partial charge in [-0.15, -0.1) is 0 Å². The lowest BCUT2D eigenvalue weighted by Gasteiger charge is -2.25. The van der Waals surface area contributed by atoms with Gasteiger partial charge in [0.25, 0.3) is 0 Å². The van der Waals surface area contributed by atoms with Crippen molar-refractivity contribution in [2.75, 3.05) is 4.90 Å². The molecule has 0 aliphatic heterocycles. The van der Waals surface area contributed by atoms with Gasteiger partial charge in [-0.1, -0.05) is 72.8 Å². The number of oxazole rings is 2. The predicted molar refractivity (Wildman–Crippen MR) is 176 cm³/mol.